The van der Waals surface area contributed by atoms with Crippen molar-refractivity contribution in [2.24, 2.45) is 0 Å². The van der Waals surface area contributed by atoms with E-state index in [2.05, 4.69) is 0 Å². The molecule has 1 amide bonds. The highest BCUT2D eigenvalue weighted by molar-refractivity contribution is 5.91. The number of carbonyl (C=O) groups excluding carboxylic acids is 2. The SMILES string of the molecule is COc1cc2c(cc1OC)CN(C(=O)COC(=O)c1ccc(COC(C)C)cc1)CC2. The van der Waals surface area contributed by atoms with Gasteiger partial charge in [0.15, 0.2) is 18.1 Å². The molecule has 0 unspecified atom stereocenters. The first-order valence-corrected chi connectivity index (χ1v) is 10.3. The molecule has 166 valence electrons. The lowest BCUT2D eigenvalue weighted by Gasteiger charge is -2.29. The van der Waals surface area contributed by atoms with E-state index in [1.165, 1.54) is 0 Å². The minimum Gasteiger partial charge on any atom is -0.493 e. The normalized spacial score (nSPS) is 13.0. The number of hydrogen-bond acceptors (Lipinski definition) is 6. The summed E-state index contributed by atoms with van der Waals surface area (Å²) in [6, 6.07) is 10.9. The van der Waals surface area contributed by atoms with Crippen molar-refractivity contribution >= 4 is 11.9 Å². The summed E-state index contributed by atoms with van der Waals surface area (Å²) in [5.41, 5.74) is 3.50. The van der Waals surface area contributed by atoms with E-state index < -0.39 is 5.97 Å². The molecule has 0 aliphatic carbocycles. The van der Waals surface area contributed by atoms with E-state index in [9.17, 15) is 9.59 Å². The van der Waals surface area contributed by atoms with Gasteiger partial charge in [-0.15, -0.1) is 0 Å². The van der Waals surface area contributed by atoms with Crippen LogP contribution in [0.2, 0.25) is 0 Å². The standard InChI is InChI=1S/C24H29NO6/c1-16(2)30-14-17-5-7-18(8-6-17)24(27)31-15-23(26)25-10-9-19-11-21(28-3)22(29-4)12-20(19)13-25/h5-8,11-12,16H,9-10,13-15H2,1-4H3. The molecule has 7 nitrogen and oxygen atoms in total. The molecule has 2 aromatic rings. The molecule has 7 heteroatoms. The average Bonchev–Trinajstić information content (AvgIpc) is 2.79. The van der Waals surface area contributed by atoms with Gasteiger partial charge in [0.25, 0.3) is 5.91 Å². The lowest BCUT2D eigenvalue weighted by atomic mass is 9.99. The van der Waals surface area contributed by atoms with Crippen LogP contribution in [0.25, 0.3) is 0 Å². The van der Waals surface area contributed by atoms with E-state index in [1.807, 2.05) is 38.1 Å². The quantitative estimate of drug-likeness (QED) is 0.602. The van der Waals surface area contributed by atoms with E-state index in [0.717, 1.165) is 16.7 Å². The lowest BCUT2D eigenvalue weighted by molar-refractivity contribution is -0.135. The largest absolute Gasteiger partial charge is 0.493 e. The van der Waals surface area contributed by atoms with Crippen molar-refractivity contribution in [3.63, 3.8) is 0 Å². The molecule has 0 saturated heterocycles. The Labute approximate surface area is 182 Å². The van der Waals surface area contributed by atoms with Crippen LogP contribution in [0.5, 0.6) is 11.5 Å². The maximum absolute atomic E-state index is 12.6. The fourth-order valence-electron chi connectivity index (χ4n) is 3.40. The summed E-state index contributed by atoms with van der Waals surface area (Å²) in [6.07, 6.45) is 0.843. The van der Waals surface area contributed by atoms with Crippen molar-refractivity contribution in [2.45, 2.75) is 39.5 Å². The number of hydrogen-bond donors (Lipinski definition) is 0. The van der Waals surface area contributed by atoms with Gasteiger partial charge in [-0.2, -0.15) is 0 Å². The molecular weight excluding hydrogens is 398 g/mol. The predicted octanol–water partition coefficient (Wildman–Crippen LogP) is 3.37. The molecule has 0 aromatic heterocycles. The number of rotatable bonds is 8. The van der Waals surface area contributed by atoms with E-state index >= 15 is 0 Å². The molecule has 1 aliphatic rings. The molecule has 3 rings (SSSR count). The highest BCUT2D eigenvalue weighted by Crippen LogP contribution is 2.33. The summed E-state index contributed by atoms with van der Waals surface area (Å²) in [7, 11) is 3.18. The second kappa shape index (κ2) is 10.3. The molecule has 0 radical (unpaired) electrons. The van der Waals surface area contributed by atoms with Gasteiger partial charge in [0.1, 0.15) is 0 Å². The Bertz CT molecular complexity index is 922. The zero-order valence-corrected chi connectivity index (χ0v) is 18.5. The monoisotopic (exact) mass is 427 g/mol. The first kappa shape index (κ1) is 22.6. The lowest BCUT2D eigenvalue weighted by Crippen LogP contribution is -2.38. The number of ether oxygens (including phenoxy) is 4. The van der Waals surface area contributed by atoms with Gasteiger partial charge in [-0.3, -0.25) is 4.79 Å². The van der Waals surface area contributed by atoms with E-state index in [4.69, 9.17) is 18.9 Å². The number of methoxy groups -OCH3 is 2. The zero-order chi connectivity index (χ0) is 22.4. The van der Waals surface area contributed by atoms with Crippen molar-refractivity contribution in [3.05, 3.63) is 58.7 Å². The Balaban J connectivity index is 1.54. The van der Waals surface area contributed by atoms with Crippen LogP contribution < -0.4 is 9.47 Å². The summed E-state index contributed by atoms with van der Waals surface area (Å²) in [5.74, 6) is 0.560. The van der Waals surface area contributed by atoms with Crippen LogP contribution in [0.15, 0.2) is 36.4 Å². The number of fused-ring (bicyclic) bond motifs is 1. The molecule has 0 spiro atoms. The Kier molecular flexibility index (Phi) is 7.52. The summed E-state index contributed by atoms with van der Waals surface area (Å²) < 4.78 is 21.5. The van der Waals surface area contributed by atoms with Crippen molar-refractivity contribution in [3.8, 4) is 11.5 Å². The molecule has 0 bridgehead atoms. The van der Waals surface area contributed by atoms with Gasteiger partial charge in [0.05, 0.1) is 32.5 Å². The maximum Gasteiger partial charge on any atom is 0.338 e. The molecule has 0 atom stereocenters. The minimum atomic E-state index is -0.520. The predicted molar refractivity (Wildman–Crippen MR) is 115 cm³/mol. The summed E-state index contributed by atoms with van der Waals surface area (Å²) >= 11 is 0. The second-order valence-corrected chi connectivity index (χ2v) is 7.67. The summed E-state index contributed by atoms with van der Waals surface area (Å²) in [4.78, 5) is 26.6. The van der Waals surface area contributed by atoms with Crippen LogP contribution in [0.1, 0.15) is 40.9 Å². The summed E-state index contributed by atoms with van der Waals surface area (Å²) in [6.45, 7) is 5.13. The third kappa shape index (κ3) is 5.76. The molecule has 0 saturated carbocycles. The molecule has 0 fully saturated rings. The van der Waals surface area contributed by atoms with Gasteiger partial charge in [-0.1, -0.05) is 12.1 Å². The molecule has 1 aliphatic heterocycles. The number of esters is 1. The smallest absolute Gasteiger partial charge is 0.338 e. The molecule has 1 heterocycles. The van der Waals surface area contributed by atoms with Gasteiger partial charge in [0, 0.05) is 13.1 Å². The van der Waals surface area contributed by atoms with Crippen molar-refractivity contribution in [2.75, 3.05) is 27.4 Å². The van der Waals surface area contributed by atoms with E-state index in [0.29, 0.717) is 43.2 Å². The van der Waals surface area contributed by atoms with Gasteiger partial charge < -0.3 is 23.8 Å². The second-order valence-electron chi connectivity index (χ2n) is 7.67. The first-order chi connectivity index (χ1) is 14.9. The number of amides is 1. The minimum absolute atomic E-state index is 0.139. The number of carbonyl (C=O) groups is 2. The van der Waals surface area contributed by atoms with Crippen LogP contribution in [0.3, 0.4) is 0 Å². The number of benzene rings is 2. The Morgan fingerprint density at radius 3 is 2.26 bits per heavy atom. The van der Waals surface area contributed by atoms with E-state index in [-0.39, 0.29) is 18.6 Å². The van der Waals surface area contributed by atoms with Crippen LogP contribution in [-0.4, -0.2) is 50.3 Å². The molecule has 0 N–H and O–H groups in total. The highest BCUT2D eigenvalue weighted by Gasteiger charge is 2.23. The average molecular weight is 427 g/mol. The fourth-order valence-corrected chi connectivity index (χ4v) is 3.40. The highest BCUT2D eigenvalue weighted by atomic mass is 16.5. The van der Waals surface area contributed by atoms with Crippen LogP contribution in [0.4, 0.5) is 0 Å². The van der Waals surface area contributed by atoms with Crippen LogP contribution >= 0.6 is 0 Å². The third-order valence-corrected chi connectivity index (χ3v) is 5.17. The molecule has 31 heavy (non-hydrogen) atoms. The number of nitrogens with zero attached hydrogens (tertiary/aromatic N) is 1. The van der Waals surface area contributed by atoms with Gasteiger partial charge >= 0.3 is 5.97 Å². The third-order valence-electron chi connectivity index (χ3n) is 5.17. The Morgan fingerprint density at radius 1 is 1.00 bits per heavy atom. The molecular formula is C24H29NO6. The van der Waals surface area contributed by atoms with Gasteiger partial charge in [-0.25, -0.2) is 4.79 Å². The maximum atomic E-state index is 12.6. The first-order valence-electron chi connectivity index (χ1n) is 10.3. The zero-order valence-electron chi connectivity index (χ0n) is 18.5. The fraction of sp³-hybridized carbons (Fsp3) is 0.417. The van der Waals surface area contributed by atoms with Crippen LogP contribution in [0, 0.1) is 0 Å². The van der Waals surface area contributed by atoms with Gasteiger partial charge in [-0.05, 0) is 61.2 Å². The van der Waals surface area contributed by atoms with E-state index in [1.54, 1.807) is 31.3 Å². The van der Waals surface area contributed by atoms with Crippen LogP contribution in [-0.2, 0) is 33.8 Å². The summed E-state index contributed by atoms with van der Waals surface area (Å²) in [5, 5.41) is 0. The Hall–Kier alpha value is -3.06. The van der Waals surface area contributed by atoms with Gasteiger partial charge in [0.2, 0.25) is 0 Å². The molecule has 2 aromatic carbocycles. The van der Waals surface area contributed by atoms with Crippen molar-refractivity contribution < 1.29 is 28.5 Å². The Morgan fingerprint density at radius 2 is 1.65 bits per heavy atom. The van der Waals surface area contributed by atoms with Crippen molar-refractivity contribution in [1.82, 2.24) is 4.90 Å². The topological polar surface area (TPSA) is 74.3 Å². The van der Waals surface area contributed by atoms with Crippen molar-refractivity contribution in [1.29, 1.82) is 0 Å².